The van der Waals surface area contributed by atoms with Gasteiger partial charge in [0.05, 0.1) is 12.4 Å². The molecule has 0 amide bonds. The van der Waals surface area contributed by atoms with Gasteiger partial charge in [-0.1, -0.05) is 25.1 Å². The molecule has 1 aromatic heterocycles. The van der Waals surface area contributed by atoms with Gasteiger partial charge >= 0.3 is 11.7 Å². The number of ether oxygens (including phenoxy) is 1. The van der Waals surface area contributed by atoms with Gasteiger partial charge in [0.1, 0.15) is 0 Å². The van der Waals surface area contributed by atoms with Crippen LogP contribution in [0.1, 0.15) is 38.6 Å². The largest absolute Gasteiger partial charge is 0.465 e. The molecule has 0 unspecified atom stereocenters. The standard InChI is InChI=1S/C11H17N3O3S/c1-2-3-6-17-9(15)7-18-11-13-12-10(16)14(11)8-4-5-8/h8H,2-7H2,1H3,(H,12,16). The molecule has 1 aliphatic rings. The first-order chi connectivity index (χ1) is 8.72. The van der Waals surface area contributed by atoms with E-state index in [0.717, 1.165) is 25.7 Å². The number of H-pyrrole nitrogens is 1. The Hall–Kier alpha value is -1.24. The highest BCUT2D eigenvalue weighted by Crippen LogP contribution is 2.35. The van der Waals surface area contributed by atoms with E-state index in [9.17, 15) is 9.59 Å². The summed E-state index contributed by atoms with van der Waals surface area (Å²) in [4.78, 5) is 22.9. The predicted molar refractivity (Wildman–Crippen MR) is 67.7 cm³/mol. The van der Waals surface area contributed by atoms with Crippen molar-refractivity contribution < 1.29 is 9.53 Å². The van der Waals surface area contributed by atoms with Crippen LogP contribution < -0.4 is 5.69 Å². The van der Waals surface area contributed by atoms with Crippen molar-refractivity contribution in [3.63, 3.8) is 0 Å². The van der Waals surface area contributed by atoms with Crippen molar-refractivity contribution in [3.05, 3.63) is 10.5 Å². The molecule has 0 atom stereocenters. The lowest BCUT2D eigenvalue weighted by molar-refractivity contribution is -0.140. The monoisotopic (exact) mass is 271 g/mol. The molecule has 1 aliphatic carbocycles. The number of aromatic amines is 1. The zero-order valence-electron chi connectivity index (χ0n) is 10.3. The summed E-state index contributed by atoms with van der Waals surface area (Å²) in [6.45, 7) is 2.51. The number of thioether (sulfide) groups is 1. The number of aromatic nitrogens is 3. The van der Waals surface area contributed by atoms with Crippen molar-refractivity contribution >= 4 is 17.7 Å². The summed E-state index contributed by atoms with van der Waals surface area (Å²) in [5.74, 6) is -0.0629. The molecule has 1 saturated carbocycles. The molecule has 7 heteroatoms. The van der Waals surface area contributed by atoms with Crippen LogP contribution >= 0.6 is 11.8 Å². The summed E-state index contributed by atoms with van der Waals surface area (Å²) >= 11 is 1.25. The van der Waals surface area contributed by atoms with Gasteiger partial charge in [-0.05, 0) is 19.3 Å². The highest BCUT2D eigenvalue weighted by atomic mass is 32.2. The summed E-state index contributed by atoms with van der Waals surface area (Å²) in [6.07, 6.45) is 3.90. The van der Waals surface area contributed by atoms with Gasteiger partial charge in [-0.15, -0.1) is 5.10 Å². The van der Waals surface area contributed by atoms with Gasteiger partial charge in [0.15, 0.2) is 5.16 Å². The number of nitrogens with zero attached hydrogens (tertiary/aromatic N) is 2. The Balaban J connectivity index is 1.83. The van der Waals surface area contributed by atoms with Crippen LogP contribution in [0.4, 0.5) is 0 Å². The molecule has 2 rings (SSSR count). The van der Waals surface area contributed by atoms with Crippen molar-refractivity contribution in [2.75, 3.05) is 12.4 Å². The maximum atomic E-state index is 11.5. The number of rotatable bonds is 7. The van der Waals surface area contributed by atoms with Gasteiger partial charge in [-0.2, -0.15) is 0 Å². The lowest BCUT2D eigenvalue weighted by atomic mass is 10.4. The Kier molecular flexibility index (Phi) is 4.46. The van der Waals surface area contributed by atoms with Crippen LogP contribution in [-0.2, 0) is 9.53 Å². The molecular weight excluding hydrogens is 254 g/mol. The summed E-state index contributed by atoms with van der Waals surface area (Å²) in [6, 6.07) is 0.259. The van der Waals surface area contributed by atoms with E-state index in [-0.39, 0.29) is 23.5 Å². The molecule has 1 fully saturated rings. The first-order valence-corrected chi connectivity index (χ1v) is 7.16. The van der Waals surface area contributed by atoms with Crippen molar-refractivity contribution in [2.24, 2.45) is 0 Å². The number of carbonyl (C=O) groups excluding carboxylic acids is 1. The fraction of sp³-hybridized carbons (Fsp3) is 0.727. The topological polar surface area (TPSA) is 77.0 Å². The van der Waals surface area contributed by atoms with E-state index < -0.39 is 0 Å². The van der Waals surface area contributed by atoms with Crippen LogP contribution in [0, 0.1) is 0 Å². The quantitative estimate of drug-likeness (QED) is 0.460. The minimum absolute atomic E-state index is 0.195. The molecule has 0 spiro atoms. The second-order valence-electron chi connectivity index (χ2n) is 4.28. The molecule has 6 nitrogen and oxygen atoms in total. The molecule has 0 aromatic carbocycles. The number of nitrogens with one attached hydrogen (secondary N) is 1. The van der Waals surface area contributed by atoms with Gasteiger partial charge in [0.25, 0.3) is 0 Å². The van der Waals surface area contributed by atoms with Crippen LogP contribution in [0.2, 0.25) is 0 Å². The average Bonchev–Trinajstić information content (AvgIpc) is 3.11. The SMILES string of the molecule is CCCCOC(=O)CSc1n[nH]c(=O)n1C1CC1. The van der Waals surface area contributed by atoms with E-state index in [4.69, 9.17) is 4.74 Å². The third-order valence-corrected chi connectivity index (χ3v) is 3.59. The normalized spacial score (nSPS) is 14.7. The Bertz CT molecular complexity index is 464. The minimum atomic E-state index is -0.258. The molecule has 18 heavy (non-hydrogen) atoms. The summed E-state index contributed by atoms with van der Waals surface area (Å²) < 4.78 is 6.67. The molecule has 0 aliphatic heterocycles. The highest BCUT2D eigenvalue weighted by Gasteiger charge is 2.28. The van der Waals surface area contributed by atoms with Gasteiger partial charge in [0, 0.05) is 6.04 Å². The number of esters is 1. The second-order valence-corrected chi connectivity index (χ2v) is 5.22. The van der Waals surface area contributed by atoms with Crippen LogP contribution in [0.5, 0.6) is 0 Å². The maximum absolute atomic E-state index is 11.5. The first-order valence-electron chi connectivity index (χ1n) is 6.17. The van der Waals surface area contributed by atoms with Gasteiger partial charge < -0.3 is 4.74 Å². The number of hydrogen-bond donors (Lipinski definition) is 1. The molecule has 100 valence electrons. The Morgan fingerprint density at radius 3 is 3.06 bits per heavy atom. The smallest absolute Gasteiger partial charge is 0.344 e. The predicted octanol–water partition coefficient (Wildman–Crippen LogP) is 1.34. The molecule has 0 saturated heterocycles. The van der Waals surface area contributed by atoms with E-state index >= 15 is 0 Å². The molecule has 1 heterocycles. The van der Waals surface area contributed by atoms with E-state index in [0.29, 0.717) is 11.8 Å². The van der Waals surface area contributed by atoms with Gasteiger partial charge in [0.2, 0.25) is 0 Å². The Labute approximate surface area is 109 Å². The van der Waals surface area contributed by atoms with Crippen LogP contribution in [-0.4, -0.2) is 33.1 Å². The van der Waals surface area contributed by atoms with E-state index in [2.05, 4.69) is 10.2 Å². The summed E-state index contributed by atoms with van der Waals surface area (Å²) in [5, 5.41) is 6.92. The fourth-order valence-corrected chi connectivity index (χ4v) is 2.35. The fourth-order valence-electron chi connectivity index (χ4n) is 1.54. The number of carbonyl (C=O) groups is 1. The lowest BCUT2D eigenvalue weighted by Gasteiger charge is -2.04. The van der Waals surface area contributed by atoms with Crippen molar-refractivity contribution in [1.82, 2.24) is 14.8 Å². The van der Waals surface area contributed by atoms with Crippen LogP contribution in [0.15, 0.2) is 9.95 Å². The molecule has 0 radical (unpaired) electrons. The van der Waals surface area contributed by atoms with E-state index in [1.54, 1.807) is 4.57 Å². The Morgan fingerprint density at radius 1 is 1.61 bits per heavy atom. The van der Waals surface area contributed by atoms with Gasteiger partial charge in [-0.3, -0.25) is 9.36 Å². The Morgan fingerprint density at radius 2 is 2.39 bits per heavy atom. The van der Waals surface area contributed by atoms with E-state index in [1.807, 2.05) is 6.92 Å². The second kappa shape index (κ2) is 6.08. The molecule has 1 N–H and O–H groups in total. The maximum Gasteiger partial charge on any atom is 0.344 e. The minimum Gasteiger partial charge on any atom is -0.465 e. The third-order valence-electron chi connectivity index (χ3n) is 2.66. The summed E-state index contributed by atoms with van der Waals surface area (Å²) in [5.41, 5.74) is -0.195. The van der Waals surface area contributed by atoms with Crippen molar-refractivity contribution in [2.45, 2.75) is 43.8 Å². The molecular formula is C11H17N3O3S. The van der Waals surface area contributed by atoms with Gasteiger partial charge in [-0.25, -0.2) is 9.89 Å². The van der Waals surface area contributed by atoms with Crippen LogP contribution in [0.25, 0.3) is 0 Å². The highest BCUT2D eigenvalue weighted by molar-refractivity contribution is 7.99. The third kappa shape index (κ3) is 3.38. The molecule has 0 bridgehead atoms. The van der Waals surface area contributed by atoms with Crippen molar-refractivity contribution in [1.29, 1.82) is 0 Å². The van der Waals surface area contributed by atoms with Crippen LogP contribution in [0.3, 0.4) is 0 Å². The number of hydrogen-bond acceptors (Lipinski definition) is 5. The summed E-state index contributed by atoms with van der Waals surface area (Å²) in [7, 11) is 0. The molecule has 1 aromatic rings. The first kappa shape index (κ1) is 13.2. The van der Waals surface area contributed by atoms with Crippen molar-refractivity contribution in [3.8, 4) is 0 Å². The number of unbranched alkanes of at least 4 members (excludes halogenated alkanes) is 1. The lowest BCUT2D eigenvalue weighted by Crippen LogP contribution is -2.16. The zero-order chi connectivity index (χ0) is 13.0. The average molecular weight is 271 g/mol. The van der Waals surface area contributed by atoms with E-state index in [1.165, 1.54) is 11.8 Å². The zero-order valence-corrected chi connectivity index (χ0v) is 11.2.